The summed E-state index contributed by atoms with van der Waals surface area (Å²) in [5, 5.41) is 9.80. The zero-order valence-electron chi connectivity index (χ0n) is 9.75. The molecule has 5 heteroatoms. The number of rotatable bonds is 3. The van der Waals surface area contributed by atoms with Crippen LogP contribution in [-0.4, -0.2) is 27.9 Å². The van der Waals surface area contributed by atoms with Crippen LogP contribution in [0.5, 0.6) is 5.75 Å². The van der Waals surface area contributed by atoms with Crippen molar-refractivity contribution in [2.24, 2.45) is 0 Å². The SMILES string of the molecule is COc1ccc2c(=O)n(CC(C)O)cnc2c1. The Morgan fingerprint density at radius 2 is 2.29 bits per heavy atom. The fourth-order valence-corrected chi connectivity index (χ4v) is 1.68. The molecule has 1 aromatic heterocycles. The van der Waals surface area contributed by atoms with E-state index in [1.165, 1.54) is 10.9 Å². The van der Waals surface area contributed by atoms with Crippen LogP contribution in [-0.2, 0) is 6.54 Å². The smallest absolute Gasteiger partial charge is 0.261 e. The maximum Gasteiger partial charge on any atom is 0.261 e. The van der Waals surface area contributed by atoms with Crippen LogP contribution in [0.4, 0.5) is 0 Å². The number of hydrogen-bond donors (Lipinski definition) is 1. The summed E-state index contributed by atoms with van der Waals surface area (Å²) < 4.78 is 6.47. The number of aliphatic hydroxyl groups excluding tert-OH is 1. The molecule has 0 fully saturated rings. The van der Waals surface area contributed by atoms with Crippen molar-refractivity contribution in [3.63, 3.8) is 0 Å². The predicted molar refractivity (Wildman–Crippen MR) is 64.2 cm³/mol. The highest BCUT2D eigenvalue weighted by molar-refractivity contribution is 5.78. The summed E-state index contributed by atoms with van der Waals surface area (Å²) in [5.41, 5.74) is 0.440. The third-order valence-corrected chi connectivity index (χ3v) is 2.49. The van der Waals surface area contributed by atoms with Crippen LogP contribution in [0.3, 0.4) is 0 Å². The van der Waals surface area contributed by atoms with Crippen molar-refractivity contribution >= 4 is 10.9 Å². The summed E-state index contributed by atoms with van der Waals surface area (Å²) in [7, 11) is 1.57. The fourth-order valence-electron chi connectivity index (χ4n) is 1.68. The Balaban J connectivity index is 2.57. The standard InChI is InChI=1S/C12H14N2O3/c1-8(15)6-14-7-13-11-5-9(17-2)3-4-10(11)12(14)16/h3-5,7-8,15H,6H2,1-2H3. The van der Waals surface area contributed by atoms with Gasteiger partial charge in [-0.15, -0.1) is 0 Å². The summed E-state index contributed by atoms with van der Waals surface area (Å²) in [6, 6.07) is 5.11. The van der Waals surface area contributed by atoms with Gasteiger partial charge in [0, 0.05) is 6.07 Å². The first-order valence-corrected chi connectivity index (χ1v) is 5.33. The Kier molecular flexibility index (Phi) is 3.10. The van der Waals surface area contributed by atoms with Gasteiger partial charge in [0.25, 0.3) is 5.56 Å². The largest absolute Gasteiger partial charge is 0.497 e. The average molecular weight is 234 g/mol. The Morgan fingerprint density at radius 1 is 1.53 bits per heavy atom. The molecule has 0 radical (unpaired) electrons. The van der Waals surface area contributed by atoms with E-state index < -0.39 is 6.10 Å². The van der Waals surface area contributed by atoms with Crippen molar-refractivity contribution in [3.8, 4) is 5.75 Å². The molecule has 17 heavy (non-hydrogen) atoms. The fraction of sp³-hybridized carbons (Fsp3) is 0.333. The van der Waals surface area contributed by atoms with Gasteiger partial charge in [-0.1, -0.05) is 0 Å². The first-order valence-electron chi connectivity index (χ1n) is 5.33. The van der Waals surface area contributed by atoms with Gasteiger partial charge in [-0.25, -0.2) is 4.98 Å². The molecule has 1 N–H and O–H groups in total. The zero-order valence-corrected chi connectivity index (χ0v) is 9.75. The number of aliphatic hydroxyl groups is 1. The second-order valence-corrected chi connectivity index (χ2v) is 3.93. The summed E-state index contributed by atoms with van der Waals surface area (Å²) in [6.45, 7) is 1.87. The van der Waals surface area contributed by atoms with Crippen molar-refractivity contribution in [2.45, 2.75) is 19.6 Å². The first-order chi connectivity index (χ1) is 8.11. The quantitative estimate of drug-likeness (QED) is 0.852. The minimum Gasteiger partial charge on any atom is -0.497 e. The molecule has 0 saturated carbocycles. The topological polar surface area (TPSA) is 64.3 Å². The Bertz CT molecular complexity index is 590. The van der Waals surface area contributed by atoms with Gasteiger partial charge in [0.05, 0.1) is 37.0 Å². The van der Waals surface area contributed by atoms with E-state index in [0.717, 1.165) is 0 Å². The van der Waals surface area contributed by atoms with E-state index in [4.69, 9.17) is 4.74 Å². The Hall–Kier alpha value is -1.88. The van der Waals surface area contributed by atoms with Crippen LogP contribution in [0.15, 0.2) is 29.3 Å². The molecule has 0 aliphatic carbocycles. The van der Waals surface area contributed by atoms with Crippen molar-refractivity contribution in [3.05, 3.63) is 34.9 Å². The van der Waals surface area contributed by atoms with Gasteiger partial charge in [0.15, 0.2) is 0 Å². The number of fused-ring (bicyclic) bond motifs is 1. The minimum atomic E-state index is -0.579. The zero-order chi connectivity index (χ0) is 12.4. The summed E-state index contributed by atoms with van der Waals surface area (Å²) in [5.74, 6) is 0.665. The van der Waals surface area contributed by atoms with Gasteiger partial charge in [0.2, 0.25) is 0 Å². The maximum atomic E-state index is 12.0. The second kappa shape index (κ2) is 4.55. The molecule has 2 aromatic rings. The summed E-state index contributed by atoms with van der Waals surface area (Å²) in [6.07, 6.45) is 0.863. The lowest BCUT2D eigenvalue weighted by molar-refractivity contribution is 0.172. The lowest BCUT2D eigenvalue weighted by Crippen LogP contribution is -2.25. The molecule has 0 aliphatic heterocycles. The molecule has 5 nitrogen and oxygen atoms in total. The van der Waals surface area contributed by atoms with Gasteiger partial charge in [0.1, 0.15) is 5.75 Å². The number of aromatic nitrogens is 2. The van der Waals surface area contributed by atoms with Crippen molar-refractivity contribution in [1.29, 1.82) is 0 Å². The van der Waals surface area contributed by atoms with Gasteiger partial charge in [-0.3, -0.25) is 9.36 Å². The molecule has 0 spiro atoms. The molecule has 1 heterocycles. The second-order valence-electron chi connectivity index (χ2n) is 3.93. The molecule has 1 atom stereocenters. The van der Waals surface area contributed by atoms with E-state index in [9.17, 15) is 9.90 Å². The van der Waals surface area contributed by atoms with E-state index in [0.29, 0.717) is 16.7 Å². The average Bonchev–Trinajstić information content (AvgIpc) is 2.32. The molecule has 1 aromatic carbocycles. The van der Waals surface area contributed by atoms with E-state index in [-0.39, 0.29) is 12.1 Å². The lowest BCUT2D eigenvalue weighted by atomic mass is 10.2. The molecule has 0 saturated heterocycles. The molecular weight excluding hydrogens is 220 g/mol. The molecule has 1 unspecified atom stereocenters. The van der Waals surface area contributed by atoms with Crippen molar-refractivity contribution in [1.82, 2.24) is 9.55 Å². The predicted octanol–water partition coefficient (Wildman–Crippen LogP) is 0.786. The van der Waals surface area contributed by atoms with E-state index >= 15 is 0 Å². The lowest BCUT2D eigenvalue weighted by Gasteiger charge is -2.08. The summed E-state index contributed by atoms with van der Waals surface area (Å²) >= 11 is 0. The number of methoxy groups -OCH3 is 1. The highest BCUT2D eigenvalue weighted by Crippen LogP contribution is 2.15. The highest BCUT2D eigenvalue weighted by Gasteiger charge is 2.06. The van der Waals surface area contributed by atoms with Crippen LogP contribution in [0.2, 0.25) is 0 Å². The van der Waals surface area contributed by atoms with E-state index in [1.807, 2.05) is 0 Å². The molecular formula is C12H14N2O3. The van der Waals surface area contributed by atoms with Crippen LogP contribution >= 0.6 is 0 Å². The monoisotopic (exact) mass is 234 g/mol. The minimum absolute atomic E-state index is 0.154. The van der Waals surface area contributed by atoms with Crippen LogP contribution in [0.25, 0.3) is 10.9 Å². The number of benzene rings is 1. The number of hydrogen-bond acceptors (Lipinski definition) is 4. The van der Waals surface area contributed by atoms with Crippen LogP contribution in [0, 0.1) is 0 Å². The van der Waals surface area contributed by atoms with Crippen LogP contribution < -0.4 is 10.3 Å². The van der Waals surface area contributed by atoms with Gasteiger partial charge < -0.3 is 9.84 Å². The maximum absolute atomic E-state index is 12.0. The summed E-state index contributed by atoms with van der Waals surface area (Å²) in [4.78, 5) is 16.2. The molecule has 90 valence electrons. The van der Waals surface area contributed by atoms with Crippen molar-refractivity contribution in [2.75, 3.05) is 7.11 Å². The van der Waals surface area contributed by atoms with Crippen molar-refractivity contribution < 1.29 is 9.84 Å². The third kappa shape index (κ3) is 2.29. The van der Waals surface area contributed by atoms with Crippen LogP contribution in [0.1, 0.15) is 6.92 Å². The molecule has 0 aliphatic rings. The highest BCUT2D eigenvalue weighted by atomic mass is 16.5. The van der Waals surface area contributed by atoms with Gasteiger partial charge >= 0.3 is 0 Å². The Labute approximate surface area is 98.3 Å². The van der Waals surface area contributed by atoms with Gasteiger partial charge in [-0.2, -0.15) is 0 Å². The van der Waals surface area contributed by atoms with Gasteiger partial charge in [-0.05, 0) is 19.1 Å². The number of nitrogens with zero attached hydrogens (tertiary/aromatic N) is 2. The normalized spacial score (nSPS) is 12.6. The molecule has 0 amide bonds. The van der Waals surface area contributed by atoms with E-state index in [2.05, 4.69) is 4.98 Å². The number of ether oxygens (including phenoxy) is 1. The third-order valence-electron chi connectivity index (χ3n) is 2.49. The molecule has 2 rings (SSSR count). The first kappa shape index (κ1) is 11.6. The Morgan fingerprint density at radius 3 is 2.94 bits per heavy atom. The molecule has 0 bridgehead atoms. The van der Waals surface area contributed by atoms with E-state index in [1.54, 1.807) is 32.2 Å².